The Morgan fingerprint density at radius 3 is 2.67 bits per heavy atom. The molecule has 0 aliphatic rings. The van der Waals surface area contributed by atoms with Gasteiger partial charge in [-0.3, -0.25) is 9.88 Å². The first-order valence-corrected chi connectivity index (χ1v) is 8.33. The maximum absolute atomic E-state index is 4.71. The Kier molecular flexibility index (Phi) is 6.29. The second-order valence-corrected chi connectivity index (χ2v) is 6.37. The topological polar surface area (TPSA) is 41.1 Å². The molecular formula is C16H24N4S. The Hall–Kier alpha value is -1.30. The van der Waals surface area contributed by atoms with Crippen LogP contribution < -0.4 is 5.32 Å². The largest absolute Gasteiger partial charge is 0.308 e. The maximum Gasteiger partial charge on any atom is 0.107 e. The van der Waals surface area contributed by atoms with Crippen LogP contribution in [0.3, 0.4) is 0 Å². The zero-order valence-corrected chi connectivity index (χ0v) is 13.9. The fourth-order valence-electron chi connectivity index (χ4n) is 2.05. The van der Waals surface area contributed by atoms with Crippen molar-refractivity contribution in [2.24, 2.45) is 0 Å². The van der Waals surface area contributed by atoms with Crippen LogP contribution in [0.25, 0.3) is 0 Å². The van der Waals surface area contributed by atoms with Crippen molar-refractivity contribution in [1.82, 2.24) is 20.2 Å². The Morgan fingerprint density at radius 1 is 1.24 bits per heavy atom. The van der Waals surface area contributed by atoms with Gasteiger partial charge in [-0.05, 0) is 24.2 Å². The molecule has 0 unspecified atom stereocenters. The highest BCUT2D eigenvalue weighted by atomic mass is 32.1. The van der Waals surface area contributed by atoms with E-state index < -0.39 is 0 Å². The fraction of sp³-hybridized carbons (Fsp3) is 0.500. The van der Waals surface area contributed by atoms with Crippen LogP contribution in [0.2, 0.25) is 0 Å². The summed E-state index contributed by atoms with van der Waals surface area (Å²) in [5, 5.41) is 6.75. The molecular weight excluding hydrogens is 280 g/mol. The standard InChI is InChI=1S/C16H24N4S/c1-4-20(10-14-5-7-17-8-6-14)11-15-12-21-16(19-15)9-18-13(2)3/h5-8,12-13,18H,4,9-11H2,1-3H3. The summed E-state index contributed by atoms with van der Waals surface area (Å²) in [7, 11) is 0. The van der Waals surface area contributed by atoms with E-state index in [2.05, 4.69) is 53.5 Å². The van der Waals surface area contributed by atoms with E-state index in [4.69, 9.17) is 4.98 Å². The molecule has 5 heteroatoms. The Morgan fingerprint density at radius 2 is 2.00 bits per heavy atom. The summed E-state index contributed by atoms with van der Waals surface area (Å²) in [6, 6.07) is 4.64. The second-order valence-electron chi connectivity index (χ2n) is 5.43. The van der Waals surface area contributed by atoms with Gasteiger partial charge in [0.2, 0.25) is 0 Å². The van der Waals surface area contributed by atoms with Gasteiger partial charge in [0.25, 0.3) is 0 Å². The third kappa shape index (κ3) is 5.53. The van der Waals surface area contributed by atoms with E-state index in [1.165, 1.54) is 10.6 Å². The van der Waals surface area contributed by atoms with Crippen LogP contribution in [0.4, 0.5) is 0 Å². The lowest BCUT2D eigenvalue weighted by molar-refractivity contribution is 0.268. The maximum atomic E-state index is 4.71. The zero-order chi connectivity index (χ0) is 15.1. The number of thiazole rings is 1. The van der Waals surface area contributed by atoms with Crippen molar-refractivity contribution in [3.8, 4) is 0 Å². The summed E-state index contributed by atoms with van der Waals surface area (Å²) in [5.41, 5.74) is 2.46. The highest BCUT2D eigenvalue weighted by Crippen LogP contribution is 2.13. The first-order chi connectivity index (χ1) is 10.2. The van der Waals surface area contributed by atoms with Gasteiger partial charge < -0.3 is 5.32 Å². The van der Waals surface area contributed by atoms with Crippen molar-refractivity contribution in [3.63, 3.8) is 0 Å². The smallest absolute Gasteiger partial charge is 0.107 e. The molecule has 0 saturated heterocycles. The molecule has 2 heterocycles. The van der Waals surface area contributed by atoms with Gasteiger partial charge in [0, 0.05) is 43.4 Å². The minimum Gasteiger partial charge on any atom is -0.308 e. The molecule has 114 valence electrons. The number of pyridine rings is 1. The fourth-order valence-corrected chi connectivity index (χ4v) is 2.79. The van der Waals surface area contributed by atoms with Gasteiger partial charge in [0.15, 0.2) is 0 Å². The van der Waals surface area contributed by atoms with Crippen LogP contribution in [0, 0.1) is 0 Å². The lowest BCUT2D eigenvalue weighted by atomic mass is 10.2. The van der Waals surface area contributed by atoms with E-state index in [1.54, 1.807) is 11.3 Å². The molecule has 0 amide bonds. The van der Waals surface area contributed by atoms with Gasteiger partial charge in [0.1, 0.15) is 5.01 Å². The molecule has 0 atom stereocenters. The average Bonchev–Trinajstić information content (AvgIpc) is 2.93. The van der Waals surface area contributed by atoms with Crippen LogP contribution >= 0.6 is 11.3 Å². The van der Waals surface area contributed by atoms with Crippen LogP contribution in [-0.2, 0) is 19.6 Å². The molecule has 2 aromatic heterocycles. The highest BCUT2D eigenvalue weighted by Gasteiger charge is 2.08. The quantitative estimate of drug-likeness (QED) is 0.814. The van der Waals surface area contributed by atoms with E-state index >= 15 is 0 Å². The summed E-state index contributed by atoms with van der Waals surface area (Å²) in [6.07, 6.45) is 3.70. The average molecular weight is 304 g/mol. The Bertz CT molecular complexity index is 524. The van der Waals surface area contributed by atoms with E-state index in [0.29, 0.717) is 6.04 Å². The first kappa shape index (κ1) is 16.1. The SMILES string of the molecule is CCN(Cc1ccncc1)Cc1csc(CNC(C)C)n1. The third-order valence-corrected chi connectivity index (χ3v) is 4.15. The molecule has 4 nitrogen and oxygen atoms in total. The summed E-state index contributed by atoms with van der Waals surface area (Å²) in [6.45, 7) is 10.2. The van der Waals surface area contributed by atoms with Gasteiger partial charge in [-0.2, -0.15) is 0 Å². The highest BCUT2D eigenvalue weighted by molar-refractivity contribution is 7.09. The van der Waals surface area contributed by atoms with Gasteiger partial charge in [0.05, 0.1) is 5.69 Å². The molecule has 0 spiro atoms. The molecule has 0 saturated carbocycles. The number of rotatable bonds is 8. The zero-order valence-electron chi connectivity index (χ0n) is 13.0. The van der Waals surface area contributed by atoms with Crippen LogP contribution in [0.1, 0.15) is 37.0 Å². The third-order valence-electron chi connectivity index (χ3n) is 3.25. The van der Waals surface area contributed by atoms with Crippen molar-refractivity contribution >= 4 is 11.3 Å². The van der Waals surface area contributed by atoms with E-state index in [0.717, 1.165) is 31.9 Å². The minimum absolute atomic E-state index is 0.496. The normalized spacial score (nSPS) is 11.5. The van der Waals surface area contributed by atoms with Gasteiger partial charge in [-0.15, -0.1) is 11.3 Å². The lowest BCUT2D eigenvalue weighted by Crippen LogP contribution is -2.23. The summed E-state index contributed by atoms with van der Waals surface area (Å²) in [4.78, 5) is 11.2. The van der Waals surface area contributed by atoms with Crippen LogP contribution in [0.5, 0.6) is 0 Å². The number of nitrogens with one attached hydrogen (secondary N) is 1. The van der Waals surface area contributed by atoms with Gasteiger partial charge >= 0.3 is 0 Å². The molecule has 1 N–H and O–H groups in total. The molecule has 0 fully saturated rings. The lowest BCUT2D eigenvalue weighted by Gasteiger charge is -2.19. The molecule has 2 rings (SSSR count). The Balaban J connectivity index is 1.89. The summed E-state index contributed by atoms with van der Waals surface area (Å²) < 4.78 is 0. The van der Waals surface area contributed by atoms with E-state index in [-0.39, 0.29) is 0 Å². The number of hydrogen-bond donors (Lipinski definition) is 1. The number of hydrogen-bond acceptors (Lipinski definition) is 5. The molecule has 0 radical (unpaired) electrons. The first-order valence-electron chi connectivity index (χ1n) is 7.45. The summed E-state index contributed by atoms with van der Waals surface area (Å²) >= 11 is 1.74. The predicted molar refractivity (Wildman–Crippen MR) is 88.1 cm³/mol. The number of nitrogens with zero attached hydrogens (tertiary/aromatic N) is 3. The molecule has 21 heavy (non-hydrogen) atoms. The Labute approximate surface area is 131 Å². The van der Waals surface area contributed by atoms with Crippen molar-refractivity contribution < 1.29 is 0 Å². The molecule has 0 aliphatic heterocycles. The van der Waals surface area contributed by atoms with E-state index in [1.807, 2.05) is 12.4 Å². The van der Waals surface area contributed by atoms with Crippen molar-refractivity contribution in [2.45, 2.75) is 46.4 Å². The van der Waals surface area contributed by atoms with Gasteiger partial charge in [-0.25, -0.2) is 4.98 Å². The van der Waals surface area contributed by atoms with Crippen molar-refractivity contribution in [1.29, 1.82) is 0 Å². The van der Waals surface area contributed by atoms with Crippen LogP contribution in [0.15, 0.2) is 29.9 Å². The number of aromatic nitrogens is 2. The molecule has 0 bridgehead atoms. The molecule has 2 aromatic rings. The van der Waals surface area contributed by atoms with Crippen molar-refractivity contribution in [2.75, 3.05) is 6.54 Å². The predicted octanol–water partition coefficient (Wildman–Crippen LogP) is 3.06. The molecule has 0 aliphatic carbocycles. The molecule has 0 aromatic carbocycles. The van der Waals surface area contributed by atoms with E-state index in [9.17, 15) is 0 Å². The summed E-state index contributed by atoms with van der Waals surface area (Å²) in [5.74, 6) is 0. The second kappa shape index (κ2) is 8.22. The minimum atomic E-state index is 0.496. The van der Waals surface area contributed by atoms with Crippen LogP contribution in [-0.4, -0.2) is 27.5 Å². The van der Waals surface area contributed by atoms with Crippen molar-refractivity contribution in [3.05, 3.63) is 46.2 Å². The monoisotopic (exact) mass is 304 g/mol. The van der Waals surface area contributed by atoms with Gasteiger partial charge in [-0.1, -0.05) is 20.8 Å².